The summed E-state index contributed by atoms with van der Waals surface area (Å²) in [4.78, 5) is 35.4. The third-order valence-electron chi connectivity index (χ3n) is 3.57. The number of amides is 2. The SMILES string of the molecule is CC(C)C[C@@H](NC(=O)[C@@H](NC(=O)OCc1ccccc1)[C@@H](C)O)C(=O)O. The number of nitrogens with one attached hydrogen (secondary N) is 2. The van der Waals surface area contributed by atoms with Gasteiger partial charge in [0.25, 0.3) is 0 Å². The molecule has 0 bridgehead atoms. The van der Waals surface area contributed by atoms with Crippen molar-refractivity contribution < 1.29 is 29.3 Å². The fraction of sp³-hybridized carbons (Fsp3) is 0.500. The Morgan fingerprint density at radius 2 is 1.69 bits per heavy atom. The zero-order valence-corrected chi connectivity index (χ0v) is 15.1. The van der Waals surface area contributed by atoms with Crippen molar-refractivity contribution in [1.29, 1.82) is 0 Å². The topological polar surface area (TPSA) is 125 Å². The Labute approximate surface area is 152 Å². The van der Waals surface area contributed by atoms with Crippen molar-refractivity contribution in [2.24, 2.45) is 5.92 Å². The molecular formula is C18H26N2O6. The molecule has 0 heterocycles. The maximum absolute atomic E-state index is 12.3. The first-order valence-corrected chi connectivity index (χ1v) is 8.39. The van der Waals surface area contributed by atoms with E-state index in [2.05, 4.69) is 10.6 Å². The lowest BCUT2D eigenvalue weighted by atomic mass is 10.0. The van der Waals surface area contributed by atoms with Crippen LogP contribution in [-0.4, -0.2) is 46.4 Å². The minimum Gasteiger partial charge on any atom is -0.480 e. The van der Waals surface area contributed by atoms with Gasteiger partial charge in [-0.1, -0.05) is 44.2 Å². The van der Waals surface area contributed by atoms with Gasteiger partial charge in [0.1, 0.15) is 18.7 Å². The van der Waals surface area contributed by atoms with Crippen LogP contribution in [0.15, 0.2) is 30.3 Å². The number of aliphatic hydroxyl groups excluding tert-OH is 1. The predicted molar refractivity (Wildman–Crippen MR) is 94.3 cm³/mol. The van der Waals surface area contributed by atoms with Crippen LogP contribution in [0.3, 0.4) is 0 Å². The van der Waals surface area contributed by atoms with Crippen LogP contribution in [-0.2, 0) is 20.9 Å². The molecule has 0 saturated carbocycles. The summed E-state index contributed by atoms with van der Waals surface area (Å²) in [6.07, 6.45) is -1.88. The van der Waals surface area contributed by atoms with Gasteiger partial charge in [-0.15, -0.1) is 0 Å². The number of aliphatic hydroxyl groups is 1. The van der Waals surface area contributed by atoms with Crippen molar-refractivity contribution in [3.63, 3.8) is 0 Å². The van der Waals surface area contributed by atoms with Crippen LogP contribution in [0.25, 0.3) is 0 Å². The molecule has 0 aromatic heterocycles. The molecule has 4 N–H and O–H groups in total. The molecule has 0 aliphatic rings. The van der Waals surface area contributed by atoms with Gasteiger partial charge in [0, 0.05) is 0 Å². The maximum Gasteiger partial charge on any atom is 0.408 e. The van der Waals surface area contributed by atoms with Crippen molar-refractivity contribution >= 4 is 18.0 Å². The van der Waals surface area contributed by atoms with Gasteiger partial charge in [-0.2, -0.15) is 0 Å². The highest BCUT2D eigenvalue weighted by Gasteiger charge is 2.30. The van der Waals surface area contributed by atoms with Crippen LogP contribution < -0.4 is 10.6 Å². The van der Waals surface area contributed by atoms with E-state index in [1.807, 2.05) is 19.9 Å². The number of ether oxygens (including phenoxy) is 1. The molecule has 0 spiro atoms. The summed E-state index contributed by atoms with van der Waals surface area (Å²) in [5.41, 5.74) is 0.767. The highest BCUT2D eigenvalue weighted by Crippen LogP contribution is 2.06. The molecule has 0 aliphatic carbocycles. The number of alkyl carbamates (subject to hydrolysis) is 1. The summed E-state index contributed by atoms with van der Waals surface area (Å²) in [5, 5.41) is 23.6. The van der Waals surface area contributed by atoms with E-state index in [1.54, 1.807) is 24.3 Å². The van der Waals surface area contributed by atoms with Crippen LogP contribution in [0, 0.1) is 5.92 Å². The molecule has 0 unspecified atom stereocenters. The lowest BCUT2D eigenvalue weighted by Crippen LogP contribution is -2.56. The molecule has 144 valence electrons. The van der Waals surface area contributed by atoms with Crippen LogP contribution in [0.4, 0.5) is 4.79 Å². The van der Waals surface area contributed by atoms with Gasteiger partial charge < -0.3 is 25.6 Å². The monoisotopic (exact) mass is 366 g/mol. The minimum absolute atomic E-state index is 0.00588. The quantitative estimate of drug-likeness (QED) is 0.522. The van der Waals surface area contributed by atoms with E-state index in [1.165, 1.54) is 6.92 Å². The average Bonchev–Trinajstić information content (AvgIpc) is 2.57. The van der Waals surface area contributed by atoms with Crippen LogP contribution >= 0.6 is 0 Å². The zero-order chi connectivity index (χ0) is 19.7. The van der Waals surface area contributed by atoms with Gasteiger partial charge >= 0.3 is 12.1 Å². The van der Waals surface area contributed by atoms with Crippen molar-refractivity contribution in [1.82, 2.24) is 10.6 Å². The fourth-order valence-electron chi connectivity index (χ4n) is 2.25. The number of rotatable bonds is 9. The first-order valence-electron chi connectivity index (χ1n) is 8.39. The maximum atomic E-state index is 12.3. The Bertz CT molecular complexity index is 603. The van der Waals surface area contributed by atoms with Gasteiger partial charge in [-0.25, -0.2) is 9.59 Å². The second-order valence-corrected chi connectivity index (χ2v) is 6.45. The standard InChI is InChI=1S/C18H26N2O6/c1-11(2)9-14(17(23)24)19-16(22)15(12(3)21)20-18(25)26-10-13-7-5-4-6-8-13/h4-8,11-12,14-15,21H,9-10H2,1-3H3,(H,19,22)(H,20,25)(H,23,24)/t12-,14-,15+/m1/s1. The molecule has 1 aromatic rings. The fourth-order valence-corrected chi connectivity index (χ4v) is 2.25. The molecule has 0 saturated heterocycles. The molecule has 1 aromatic carbocycles. The third kappa shape index (κ3) is 7.52. The molecule has 0 radical (unpaired) electrons. The van der Waals surface area contributed by atoms with Crippen LogP contribution in [0.5, 0.6) is 0 Å². The van der Waals surface area contributed by atoms with Gasteiger partial charge in [0.15, 0.2) is 0 Å². The molecule has 8 nitrogen and oxygen atoms in total. The number of hydrogen-bond donors (Lipinski definition) is 4. The second-order valence-electron chi connectivity index (χ2n) is 6.45. The average molecular weight is 366 g/mol. The first-order chi connectivity index (χ1) is 12.2. The first kappa shape index (κ1) is 21.4. The molecule has 3 atom stereocenters. The number of carbonyl (C=O) groups excluding carboxylic acids is 2. The highest BCUT2D eigenvalue weighted by molar-refractivity contribution is 5.89. The molecule has 26 heavy (non-hydrogen) atoms. The van der Waals surface area contributed by atoms with E-state index < -0.39 is 36.2 Å². The highest BCUT2D eigenvalue weighted by atomic mass is 16.5. The Morgan fingerprint density at radius 3 is 2.19 bits per heavy atom. The van der Waals surface area contributed by atoms with Crippen molar-refractivity contribution in [3.05, 3.63) is 35.9 Å². The number of carbonyl (C=O) groups is 3. The zero-order valence-electron chi connectivity index (χ0n) is 15.1. The summed E-state index contributed by atoms with van der Waals surface area (Å²) >= 11 is 0. The summed E-state index contributed by atoms with van der Waals surface area (Å²) in [7, 11) is 0. The Morgan fingerprint density at radius 1 is 1.08 bits per heavy atom. The Kier molecular flexibility index (Phi) is 8.57. The lowest BCUT2D eigenvalue weighted by Gasteiger charge is -2.23. The Hall–Kier alpha value is -2.61. The van der Waals surface area contributed by atoms with Crippen LogP contribution in [0.2, 0.25) is 0 Å². The van der Waals surface area contributed by atoms with Gasteiger partial charge in [0.2, 0.25) is 5.91 Å². The second kappa shape index (κ2) is 10.4. The van der Waals surface area contributed by atoms with E-state index in [-0.39, 0.29) is 18.9 Å². The molecule has 8 heteroatoms. The smallest absolute Gasteiger partial charge is 0.408 e. The Balaban J connectivity index is 2.64. The van der Waals surface area contributed by atoms with Crippen molar-refractivity contribution in [3.8, 4) is 0 Å². The molecule has 1 rings (SSSR count). The molecule has 2 amide bonds. The van der Waals surface area contributed by atoms with Gasteiger partial charge in [-0.3, -0.25) is 4.79 Å². The summed E-state index contributed by atoms with van der Waals surface area (Å²) in [5.74, 6) is -1.92. The summed E-state index contributed by atoms with van der Waals surface area (Å²) < 4.78 is 5.02. The number of carboxylic acid groups (broad SMARTS) is 1. The largest absolute Gasteiger partial charge is 0.480 e. The number of hydrogen-bond acceptors (Lipinski definition) is 5. The molecular weight excluding hydrogens is 340 g/mol. The van der Waals surface area contributed by atoms with Crippen molar-refractivity contribution in [2.45, 2.75) is 52.0 Å². The van der Waals surface area contributed by atoms with E-state index in [0.717, 1.165) is 5.56 Å². The minimum atomic E-state index is -1.33. The number of carboxylic acids is 1. The number of aliphatic carboxylic acids is 1. The van der Waals surface area contributed by atoms with E-state index in [9.17, 15) is 24.6 Å². The van der Waals surface area contributed by atoms with Gasteiger partial charge in [0.05, 0.1) is 6.10 Å². The van der Waals surface area contributed by atoms with E-state index in [0.29, 0.717) is 0 Å². The van der Waals surface area contributed by atoms with Crippen LogP contribution in [0.1, 0.15) is 32.8 Å². The molecule has 0 aliphatic heterocycles. The summed E-state index contributed by atoms with van der Waals surface area (Å²) in [6, 6.07) is 6.53. The normalized spacial score (nSPS) is 14.2. The van der Waals surface area contributed by atoms with Crippen molar-refractivity contribution in [2.75, 3.05) is 0 Å². The third-order valence-corrected chi connectivity index (χ3v) is 3.57. The lowest BCUT2D eigenvalue weighted by molar-refractivity contribution is -0.143. The van der Waals surface area contributed by atoms with E-state index >= 15 is 0 Å². The molecule has 0 fully saturated rings. The van der Waals surface area contributed by atoms with E-state index in [4.69, 9.17) is 4.74 Å². The predicted octanol–water partition coefficient (Wildman–Crippen LogP) is 1.28. The summed E-state index contributed by atoms with van der Waals surface area (Å²) in [6.45, 7) is 4.98. The van der Waals surface area contributed by atoms with Gasteiger partial charge in [-0.05, 0) is 24.8 Å². The number of benzene rings is 1.